The van der Waals surface area contributed by atoms with E-state index in [1.165, 1.54) is 0 Å². The fraction of sp³-hybridized carbons (Fsp3) is 0.588. The van der Waals surface area contributed by atoms with E-state index in [2.05, 4.69) is 10.6 Å². The second-order valence-electron chi connectivity index (χ2n) is 6.49. The van der Waals surface area contributed by atoms with Crippen LogP contribution >= 0.6 is 12.4 Å². The normalized spacial score (nSPS) is 21.9. The van der Waals surface area contributed by atoms with Gasteiger partial charge < -0.3 is 10.6 Å². The van der Waals surface area contributed by atoms with Crippen LogP contribution in [-0.2, 0) is 9.84 Å². The van der Waals surface area contributed by atoms with Gasteiger partial charge in [-0.3, -0.25) is 4.79 Å². The van der Waals surface area contributed by atoms with E-state index in [-0.39, 0.29) is 29.6 Å². The van der Waals surface area contributed by atoms with Crippen molar-refractivity contribution in [2.24, 2.45) is 0 Å². The molecule has 1 saturated carbocycles. The van der Waals surface area contributed by atoms with E-state index < -0.39 is 9.84 Å². The summed E-state index contributed by atoms with van der Waals surface area (Å²) < 4.78 is 25.0. The van der Waals surface area contributed by atoms with Crippen LogP contribution in [0.4, 0.5) is 0 Å². The summed E-state index contributed by atoms with van der Waals surface area (Å²) in [7, 11) is -3.25. The summed E-state index contributed by atoms with van der Waals surface area (Å²) in [6.07, 6.45) is 5.51. The molecule has 1 amide bonds. The number of hydrogen-bond acceptors (Lipinski definition) is 4. The summed E-state index contributed by atoms with van der Waals surface area (Å²) >= 11 is 0. The van der Waals surface area contributed by atoms with Crippen LogP contribution in [0.3, 0.4) is 0 Å². The van der Waals surface area contributed by atoms with Gasteiger partial charge in [-0.1, -0.05) is 12.8 Å². The largest absolute Gasteiger partial charge is 0.348 e. The Hall–Kier alpha value is -1.11. The summed E-state index contributed by atoms with van der Waals surface area (Å²) in [6.45, 7) is 1.79. The summed E-state index contributed by atoms with van der Waals surface area (Å²) in [6, 6.07) is 6.53. The minimum absolute atomic E-state index is 0. The lowest BCUT2D eigenvalue weighted by Gasteiger charge is -2.23. The van der Waals surface area contributed by atoms with Crippen molar-refractivity contribution < 1.29 is 13.2 Å². The molecule has 1 aliphatic heterocycles. The fourth-order valence-electron chi connectivity index (χ4n) is 3.43. The van der Waals surface area contributed by atoms with Gasteiger partial charge in [0.2, 0.25) is 0 Å². The van der Waals surface area contributed by atoms with Gasteiger partial charge in [0.1, 0.15) is 0 Å². The first-order chi connectivity index (χ1) is 11.1. The number of rotatable bonds is 4. The third-order valence-corrected chi connectivity index (χ3v) is 7.10. The highest BCUT2D eigenvalue weighted by atomic mass is 35.5. The van der Waals surface area contributed by atoms with Crippen molar-refractivity contribution >= 4 is 28.2 Å². The predicted octanol–water partition coefficient (Wildman–Crippen LogP) is 2.31. The van der Waals surface area contributed by atoms with E-state index in [0.29, 0.717) is 10.5 Å². The number of benzene rings is 1. The molecule has 0 spiro atoms. The molecule has 1 heterocycles. The number of hydrogen-bond donors (Lipinski definition) is 2. The van der Waals surface area contributed by atoms with Crippen molar-refractivity contribution in [1.29, 1.82) is 0 Å². The Morgan fingerprint density at radius 2 is 1.71 bits per heavy atom. The Kier molecular flexibility index (Phi) is 6.66. The van der Waals surface area contributed by atoms with Crippen molar-refractivity contribution in [1.82, 2.24) is 10.6 Å². The van der Waals surface area contributed by atoms with Gasteiger partial charge in [-0.15, -0.1) is 12.4 Å². The van der Waals surface area contributed by atoms with Crippen LogP contribution in [0.2, 0.25) is 0 Å². The molecule has 5 nitrogen and oxygen atoms in total. The average Bonchev–Trinajstić information content (AvgIpc) is 3.11. The average molecular weight is 373 g/mol. The highest BCUT2D eigenvalue weighted by molar-refractivity contribution is 7.92. The van der Waals surface area contributed by atoms with Crippen molar-refractivity contribution in [3.63, 3.8) is 0 Å². The number of nitrogens with one attached hydrogen (secondary N) is 2. The molecule has 1 saturated heterocycles. The lowest BCUT2D eigenvalue weighted by molar-refractivity contribution is 0.0930. The molecule has 134 valence electrons. The van der Waals surface area contributed by atoms with Crippen molar-refractivity contribution in [3.8, 4) is 0 Å². The lowest BCUT2D eigenvalue weighted by Crippen LogP contribution is -2.45. The van der Waals surface area contributed by atoms with Gasteiger partial charge in [0.05, 0.1) is 10.1 Å². The molecule has 2 N–H and O–H groups in total. The van der Waals surface area contributed by atoms with Gasteiger partial charge >= 0.3 is 0 Å². The quantitative estimate of drug-likeness (QED) is 0.850. The van der Waals surface area contributed by atoms with Crippen LogP contribution in [0.1, 0.15) is 48.9 Å². The van der Waals surface area contributed by atoms with E-state index in [4.69, 9.17) is 0 Å². The number of piperidine rings is 1. The van der Waals surface area contributed by atoms with Crippen molar-refractivity contribution in [2.75, 3.05) is 13.1 Å². The molecule has 0 radical (unpaired) electrons. The highest BCUT2D eigenvalue weighted by Crippen LogP contribution is 2.29. The summed E-state index contributed by atoms with van der Waals surface area (Å²) in [4.78, 5) is 12.6. The number of amides is 1. The molecule has 1 aromatic carbocycles. The smallest absolute Gasteiger partial charge is 0.251 e. The Labute approximate surface area is 149 Å². The van der Waals surface area contributed by atoms with Crippen molar-refractivity contribution in [3.05, 3.63) is 29.8 Å². The zero-order valence-corrected chi connectivity index (χ0v) is 15.3. The van der Waals surface area contributed by atoms with Gasteiger partial charge in [-0.2, -0.15) is 0 Å². The molecule has 1 aromatic rings. The molecule has 3 rings (SSSR count). The van der Waals surface area contributed by atoms with Crippen LogP contribution in [-0.4, -0.2) is 38.7 Å². The maximum absolute atomic E-state index is 12.5. The van der Waals surface area contributed by atoms with Crippen LogP contribution in [0.15, 0.2) is 29.2 Å². The van der Waals surface area contributed by atoms with E-state index >= 15 is 0 Å². The van der Waals surface area contributed by atoms with Gasteiger partial charge in [-0.25, -0.2) is 8.42 Å². The third kappa shape index (κ3) is 4.29. The lowest BCUT2D eigenvalue weighted by atomic mass is 10.1. The van der Waals surface area contributed by atoms with Crippen LogP contribution in [0.5, 0.6) is 0 Å². The number of sulfone groups is 1. The Morgan fingerprint density at radius 3 is 2.29 bits per heavy atom. The maximum Gasteiger partial charge on any atom is 0.251 e. The molecule has 1 unspecified atom stereocenters. The van der Waals surface area contributed by atoms with E-state index in [1.807, 2.05) is 0 Å². The molecule has 2 fully saturated rings. The first-order valence-corrected chi connectivity index (χ1v) is 9.97. The molecule has 2 aliphatic rings. The monoisotopic (exact) mass is 372 g/mol. The zero-order valence-electron chi connectivity index (χ0n) is 13.7. The molecule has 24 heavy (non-hydrogen) atoms. The van der Waals surface area contributed by atoms with Gasteiger partial charge in [0.15, 0.2) is 9.84 Å². The fourth-order valence-corrected chi connectivity index (χ4v) is 5.29. The minimum atomic E-state index is -3.25. The first-order valence-electron chi connectivity index (χ1n) is 8.43. The van der Waals surface area contributed by atoms with E-state index in [9.17, 15) is 13.2 Å². The maximum atomic E-state index is 12.5. The summed E-state index contributed by atoms with van der Waals surface area (Å²) in [5.74, 6) is -0.136. The molecular weight excluding hydrogens is 348 g/mol. The molecule has 0 bridgehead atoms. The molecule has 1 atom stereocenters. The molecule has 7 heteroatoms. The number of carbonyl (C=O) groups is 1. The van der Waals surface area contributed by atoms with Crippen molar-refractivity contribution in [2.45, 2.75) is 54.7 Å². The molecule has 1 aliphatic carbocycles. The minimum Gasteiger partial charge on any atom is -0.348 e. The number of carbonyl (C=O) groups excluding carboxylic acids is 1. The van der Waals surface area contributed by atoms with Gasteiger partial charge in [-0.05, 0) is 56.5 Å². The summed E-state index contributed by atoms with van der Waals surface area (Å²) in [5, 5.41) is 6.00. The SMILES string of the molecule is Cl.O=C(NC1CCCNC1)c1ccc(S(=O)(=O)C2CCCC2)cc1. The summed E-state index contributed by atoms with van der Waals surface area (Å²) in [5.41, 5.74) is 0.515. The van der Waals surface area contributed by atoms with Gasteiger partial charge in [0.25, 0.3) is 5.91 Å². The molecule has 0 aromatic heterocycles. The third-order valence-electron chi connectivity index (χ3n) is 4.82. The molecular formula is C17H25ClN2O3S. The Bertz CT molecular complexity index is 649. The van der Waals surface area contributed by atoms with Crippen LogP contribution in [0, 0.1) is 0 Å². The van der Waals surface area contributed by atoms with Crippen LogP contribution < -0.4 is 10.6 Å². The highest BCUT2D eigenvalue weighted by Gasteiger charge is 2.30. The second-order valence-corrected chi connectivity index (χ2v) is 8.72. The second kappa shape index (κ2) is 8.32. The standard InChI is InChI=1S/C17H24N2O3S.ClH/c20-17(19-14-4-3-11-18-12-14)13-7-9-16(10-8-13)23(21,22)15-5-1-2-6-15;/h7-10,14-15,18H,1-6,11-12H2,(H,19,20);1H. The van der Waals surface area contributed by atoms with Crippen LogP contribution in [0.25, 0.3) is 0 Å². The Balaban J connectivity index is 0.00000208. The van der Waals surface area contributed by atoms with E-state index in [0.717, 1.165) is 51.6 Å². The van der Waals surface area contributed by atoms with Gasteiger partial charge in [0, 0.05) is 18.2 Å². The first kappa shape index (κ1) is 19.2. The predicted molar refractivity (Wildman–Crippen MR) is 96.5 cm³/mol. The Morgan fingerprint density at radius 1 is 1.04 bits per heavy atom. The van der Waals surface area contributed by atoms with E-state index in [1.54, 1.807) is 24.3 Å². The number of halogens is 1. The topological polar surface area (TPSA) is 75.3 Å². The zero-order chi connectivity index (χ0) is 16.3.